The fourth-order valence-electron chi connectivity index (χ4n) is 1.98. The van der Waals surface area contributed by atoms with Gasteiger partial charge in [0, 0.05) is 11.8 Å². The van der Waals surface area contributed by atoms with E-state index in [0.29, 0.717) is 25.1 Å². The highest BCUT2D eigenvalue weighted by atomic mass is 16.5. The molecule has 5 heteroatoms. The highest BCUT2D eigenvalue weighted by Crippen LogP contribution is 2.18. The van der Waals surface area contributed by atoms with E-state index in [1.165, 1.54) is 0 Å². The SMILES string of the molecule is CCCOc1cccc(NC(=O)NC(CC)(CC)CO)c1. The van der Waals surface area contributed by atoms with Crippen molar-refractivity contribution in [3.8, 4) is 5.75 Å². The number of nitrogens with one attached hydrogen (secondary N) is 2. The minimum atomic E-state index is -0.569. The van der Waals surface area contributed by atoms with Crippen LogP contribution in [0.5, 0.6) is 5.75 Å². The highest BCUT2D eigenvalue weighted by molar-refractivity contribution is 5.90. The molecule has 118 valence electrons. The van der Waals surface area contributed by atoms with Crippen molar-refractivity contribution in [2.75, 3.05) is 18.5 Å². The van der Waals surface area contributed by atoms with E-state index in [0.717, 1.165) is 12.2 Å². The third-order valence-electron chi connectivity index (χ3n) is 3.60. The molecule has 5 nitrogen and oxygen atoms in total. The van der Waals surface area contributed by atoms with Gasteiger partial charge >= 0.3 is 6.03 Å². The van der Waals surface area contributed by atoms with Gasteiger partial charge in [0.25, 0.3) is 0 Å². The Kier molecular flexibility index (Phi) is 7.02. The predicted octanol–water partition coefficient (Wildman–Crippen LogP) is 3.15. The summed E-state index contributed by atoms with van der Waals surface area (Å²) in [5, 5.41) is 15.1. The molecule has 21 heavy (non-hydrogen) atoms. The summed E-state index contributed by atoms with van der Waals surface area (Å²) in [6.07, 6.45) is 2.28. The van der Waals surface area contributed by atoms with Crippen molar-refractivity contribution in [2.45, 2.75) is 45.6 Å². The molecule has 2 amide bonds. The van der Waals surface area contributed by atoms with Crippen LogP contribution in [-0.2, 0) is 0 Å². The lowest BCUT2D eigenvalue weighted by Crippen LogP contribution is -2.51. The van der Waals surface area contributed by atoms with Crippen molar-refractivity contribution in [3.63, 3.8) is 0 Å². The lowest BCUT2D eigenvalue weighted by molar-refractivity contribution is 0.155. The zero-order valence-electron chi connectivity index (χ0n) is 13.1. The van der Waals surface area contributed by atoms with Crippen molar-refractivity contribution in [1.82, 2.24) is 5.32 Å². The minimum absolute atomic E-state index is 0.0763. The normalized spacial score (nSPS) is 11.0. The summed E-state index contributed by atoms with van der Waals surface area (Å²) in [4.78, 5) is 12.1. The number of anilines is 1. The van der Waals surface area contributed by atoms with Gasteiger partial charge in [0.1, 0.15) is 5.75 Å². The second-order valence-electron chi connectivity index (χ2n) is 5.10. The molecule has 0 aliphatic rings. The molecule has 0 saturated heterocycles. The van der Waals surface area contributed by atoms with E-state index in [1.807, 2.05) is 32.9 Å². The lowest BCUT2D eigenvalue weighted by Gasteiger charge is -2.30. The van der Waals surface area contributed by atoms with Crippen LogP contribution in [0, 0.1) is 0 Å². The third-order valence-corrected chi connectivity index (χ3v) is 3.60. The molecule has 0 radical (unpaired) electrons. The van der Waals surface area contributed by atoms with Gasteiger partial charge in [0.2, 0.25) is 0 Å². The van der Waals surface area contributed by atoms with Gasteiger partial charge < -0.3 is 20.5 Å². The van der Waals surface area contributed by atoms with Crippen molar-refractivity contribution in [2.24, 2.45) is 0 Å². The molecule has 1 aromatic rings. The van der Waals surface area contributed by atoms with E-state index in [4.69, 9.17) is 4.74 Å². The van der Waals surface area contributed by atoms with Crippen molar-refractivity contribution < 1.29 is 14.6 Å². The Morgan fingerprint density at radius 3 is 2.57 bits per heavy atom. The van der Waals surface area contributed by atoms with Gasteiger partial charge in [-0.25, -0.2) is 4.79 Å². The Bertz CT molecular complexity index is 437. The Labute approximate surface area is 126 Å². The number of aliphatic hydroxyl groups is 1. The van der Waals surface area contributed by atoms with Crippen LogP contribution in [-0.4, -0.2) is 29.9 Å². The van der Waals surface area contributed by atoms with Gasteiger partial charge in [-0.15, -0.1) is 0 Å². The fraction of sp³-hybridized carbons (Fsp3) is 0.562. The molecule has 0 spiro atoms. The number of amides is 2. The number of urea groups is 1. The van der Waals surface area contributed by atoms with Gasteiger partial charge in [-0.05, 0) is 31.4 Å². The summed E-state index contributed by atoms with van der Waals surface area (Å²) in [5.41, 5.74) is 0.0978. The predicted molar refractivity (Wildman–Crippen MR) is 84.8 cm³/mol. The van der Waals surface area contributed by atoms with Crippen molar-refractivity contribution >= 4 is 11.7 Å². The third kappa shape index (κ3) is 5.27. The monoisotopic (exact) mass is 294 g/mol. The molecule has 0 aliphatic heterocycles. The number of ether oxygens (including phenoxy) is 1. The summed E-state index contributed by atoms with van der Waals surface area (Å²) >= 11 is 0. The van der Waals surface area contributed by atoms with Crippen molar-refractivity contribution in [1.29, 1.82) is 0 Å². The topological polar surface area (TPSA) is 70.6 Å². The quantitative estimate of drug-likeness (QED) is 0.689. The number of hydrogen-bond acceptors (Lipinski definition) is 3. The molecular formula is C16H26N2O3. The molecule has 0 atom stereocenters. The largest absolute Gasteiger partial charge is 0.494 e. The first-order valence-electron chi connectivity index (χ1n) is 7.52. The standard InChI is InChI=1S/C16H26N2O3/c1-4-10-21-14-9-7-8-13(11-14)17-15(20)18-16(5-2,6-3)12-19/h7-9,11,19H,4-6,10,12H2,1-3H3,(H2,17,18,20). The maximum Gasteiger partial charge on any atom is 0.319 e. The zero-order chi connectivity index (χ0) is 15.7. The molecule has 0 saturated carbocycles. The Hall–Kier alpha value is -1.75. The molecule has 3 N–H and O–H groups in total. The van der Waals surface area contributed by atoms with Gasteiger partial charge in [-0.3, -0.25) is 0 Å². The van der Waals surface area contributed by atoms with Crippen LogP contribution >= 0.6 is 0 Å². The van der Waals surface area contributed by atoms with Gasteiger partial charge in [0.15, 0.2) is 0 Å². The molecule has 1 rings (SSSR count). The van der Waals surface area contributed by atoms with E-state index in [1.54, 1.807) is 12.1 Å². The number of hydrogen-bond donors (Lipinski definition) is 3. The number of carbonyl (C=O) groups excluding carboxylic acids is 1. The summed E-state index contributed by atoms with van der Waals surface area (Å²) < 4.78 is 5.53. The average molecular weight is 294 g/mol. The molecule has 0 fully saturated rings. The molecule has 1 aromatic carbocycles. The molecular weight excluding hydrogens is 268 g/mol. The molecule has 0 aliphatic carbocycles. The van der Waals surface area contributed by atoms with Gasteiger partial charge in [-0.2, -0.15) is 0 Å². The van der Waals surface area contributed by atoms with E-state index in [9.17, 15) is 9.90 Å². The first-order chi connectivity index (χ1) is 10.1. The Balaban J connectivity index is 2.66. The smallest absolute Gasteiger partial charge is 0.319 e. The van der Waals surface area contributed by atoms with Crippen LogP contribution in [0.2, 0.25) is 0 Å². The number of aliphatic hydroxyl groups excluding tert-OH is 1. The van der Waals surface area contributed by atoms with Crippen LogP contribution in [0.15, 0.2) is 24.3 Å². The Morgan fingerprint density at radius 1 is 1.29 bits per heavy atom. The molecule has 0 unspecified atom stereocenters. The first-order valence-corrected chi connectivity index (χ1v) is 7.52. The number of benzene rings is 1. The fourth-order valence-corrected chi connectivity index (χ4v) is 1.98. The number of rotatable bonds is 8. The van der Waals surface area contributed by atoms with Gasteiger partial charge in [-0.1, -0.05) is 26.8 Å². The van der Waals surface area contributed by atoms with Crippen LogP contribution in [0.1, 0.15) is 40.0 Å². The minimum Gasteiger partial charge on any atom is -0.494 e. The number of carbonyl (C=O) groups is 1. The zero-order valence-corrected chi connectivity index (χ0v) is 13.1. The molecule has 0 aromatic heterocycles. The van der Waals surface area contributed by atoms with E-state index < -0.39 is 5.54 Å². The lowest BCUT2D eigenvalue weighted by atomic mass is 9.94. The van der Waals surface area contributed by atoms with E-state index in [2.05, 4.69) is 10.6 Å². The maximum atomic E-state index is 12.1. The summed E-state index contributed by atoms with van der Waals surface area (Å²) in [7, 11) is 0. The summed E-state index contributed by atoms with van der Waals surface area (Å²) in [5.74, 6) is 0.731. The second kappa shape index (κ2) is 8.52. The summed E-state index contributed by atoms with van der Waals surface area (Å²) in [6, 6.07) is 6.96. The highest BCUT2D eigenvalue weighted by Gasteiger charge is 2.27. The van der Waals surface area contributed by atoms with Crippen LogP contribution < -0.4 is 15.4 Å². The van der Waals surface area contributed by atoms with E-state index >= 15 is 0 Å². The Morgan fingerprint density at radius 2 is 2.00 bits per heavy atom. The molecule has 0 heterocycles. The summed E-state index contributed by atoms with van der Waals surface area (Å²) in [6.45, 7) is 6.50. The van der Waals surface area contributed by atoms with Crippen LogP contribution in [0.4, 0.5) is 10.5 Å². The van der Waals surface area contributed by atoms with E-state index in [-0.39, 0.29) is 12.6 Å². The molecule has 0 bridgehead atoms. The second-order valence-corrected chi connectivity index (χ2v) is 5.10. The van der Waals surface area contributed by atoms with Crippen LogP contribution in [0.3, 0.4) is 0 Å². The van der Waals surface area contributed by atoms with Crippen molar-refractivity contribution in [3.05, 3.63) is 24.3 Å². The van der Waals surface area contributed by atoms with Crippen LogP contribution in [0.25, 0.3) is 0 Å². The maximum absolute atomic E-state index is 12.1. The first kappa shape index (κ1) is 17.3. The average Bonchev–Trinajstić information content (AvgIpc) is 2.51. The van der Waals surface area contributed by atoms with Gasteiger partial charge in [0.05, 0.1) is 18.8 Å².